The van der Waals surface area contributed by atoms with Gasteiger partial charge < -0.3 is 10.0 Å². The fourth-order valence-electron chi connectivity index (χ4n) is 4.58. The van der Waals surface area contributed by atoms with Gasteiger partial charge in [-0.2, -0.15) is 0 Å². The van der Waals surface area contributed by atoms with Crippen molar-refractivity contribution in [3.63, 3.8) is 0 Å². The minimum absolute atomic E-state index is 0.205. The summed E-state index contributed by atoms with van der Waals surface area (Å²) in [7, 11) is 0. The number of piperidine rings is 1. The van der Waals surface area contributed by atoms with Crippen molar-refractivity contribution in [2.75, 3.05) is 32.8 Å². The third kappa shape index (κ3) is 2.98. The summed E-state index contributed by atoms with van der Waals surface area (Å²) in [6, 6.07) is 0. The van der Waals surface area contributed by atoms with Gasteiger partial charge in [0.2, 0.25) is 5.91 Å². The Labute approximate surface area is 128 Å². The van der Waals surface area contributed by atoms with Gasteiger partial charge in [-0.05, 0) is 45.2 Å². The maximum Gasteiger partial charge on any atom is 0.243 e. The third-order valence-corrected chi connectivity index (χ3v) is 5.87. The van der Waals surface area contributed by atoms with Gasteiger partial charge in [0, 0.05) is 25.6 Å². The molecule has 4 heteroatoms. The number of hydrogen-bond donors (Lipinski definition) is 1. The van der Waals surface area contributed by atoms with Gasteiger partial charge in [0.1, 0.15) is 5.54 Å². The lowest BCUT2D eigenvalue weighted by Crippen LogP contribution is -2.61. The summed E-state index contributed by atoms with van der Waals surface area (Å²) >= 11 is 0. The first-order valence-corrected chi connectivity index (χ1v) is 8.91. The molecule has 120 valence electrons. The molecule has 1 atom stereocenters. The molecule has 1 saturated carbocycles. The lowest BCUT2D eigenvalue weighted by molar-refractivity contribution is -0.147. The highest BCUT2D eigenvalue weighted by Crippen LogP contribution is 2.38. The van der Waals surface area contributed by atoms with Crippen LogP contribution in [0.2, 0.25) is 0 Å². The van der Waals surface area contributed by atoms with Gasteiger partial charge in [0.15, 0.2) is 0 Å². The minimum Gasteiger partial charge on any atom is -0.396 e. The van der Waals surface area contributed by atoms with Gasteiger partial charge in [0.25, 0.3) is 0 Å². The number of aliphatic hydroxyl groups is 1. The Balaban J connectivity index is 1.76. The van der Waals surface area contributed by atoms with Crippen molar-refractivity contribution in [1.82, 2.24) is 9.80 Å². The van der Waals surface area contributed by atoms with Crippen LogP contribution in [-0.2, 0) is 4.79 Å². The molecule has 0 spiro atoms. The summed E-state index contributed by atoms with van der Waals surface area (Å²) in [5, 5.41) is 9.34. The van der Waals surface area contributed by atoms with E-state index in [9.17, 15) is 9.90 Å². The second kappa shape index (κ2) is 6.66. The highest BCUT2D eigenvalue weighted by molar-refractivity contribution is 5.86. The second-order valence-electron chi connectivity index (χ2n) is 7.23. The molecule has 2 saturated heterocycles. The van der Waals surface area contributed by atoms with E-state index in [4.69, 9.17) is 0 Å². The molecule has 0 aromatic heterocycles. The number of aliphatic hydroxyl groups excluding tert-OH is 1. The minimum atomic E-state index is -0.205. The summed E-state index contributed by atoms with van der Waals surface area (Å²) in [6.07, 6.45) is 10.5. The zero-order valence-electron chi connectivity index (χ0n) is 13.2. The van der Waals surface area contributed by atoms with E-state index in [1.54, 1.807) is 0 Å². The highest BCUT2D eigenvalue weighted by atomic mass is 16.3. The van der Waals surface area contributed by atoms with Gasteiger partial charge in [-0.15, -0.1) is 0 Å². The average Bonchev–Trinajstić information content (AvgIpc) is 3.04. The molecule has 1 N–H and O–H groups in total. The van der Waals surface area contributed by atoms with Gasteiger partial charge in [-0.1, -0.05) is 25.7 Å². The summed E-state index contributed by atoms with van der Waals surface area (Å²) in [5.41, 5.74) is -0.205. The Bertz CT molecular complexity index is 360. The summed E-state index contributed by atoms with van der Waals surface area (Å²) in [4.78, 5) is 17.9. The molecule has 21 heavy (non-hydrogen) atoms. The van der Waals surface area contributed by atoms with Gasteiger partial charge in [-0.3, -0.25) is 9.69 Å². The number of amides is 1. The Morgan fingerprint density at radius 2 is 1.67 bits per heavy atom. The molecular weight excluding hydrogens is 264 g/mol. The summed E-state index contributed by atoms with van der Waals surface area (Å²) in [5.74, 6) is 0.677. The van der Waals surface area contributed by atoms with Crippen molar-refractivity contribution < 1.29 is 9.90 Å². The number of hydrogen-bond acceptors (Lipinski definition) is 3. The van der Waals surface area contributed by atoms with Crippen LogP contribution >= 0.6 is 0 Å². The third-order valence-electron chi connectivity index (χ3n) is 5.87. The van der Waals surface area contributed by atoms with Crippen LogP contribution in [0.4, 0.5) is 0 Å². The van der Waals surface area contributed by atoms with Crippen LogP contribution in [0.5, 0.6) is 0 Å². The molecule has 0 bridgehead atoms. The van der Waals surface area contributed by atoms with Crippen molar-refractivity contribution in [3.05, 3.63) is 0 Å². The smallest absolute Gasteiger partial charge is 0.243 e. The Hall–Kier alpha value is -0.610. The molecule has 2 aliphatic heterocycles. The largest absolute Gasteiger partial charge is 0.396 e. The number of nitrogens with zero attached hydrogens (tertiary/aromatic N) is 2. The number of carbonyl (C=O) groups excluding carboxylic acids is 1. The lowest BCUT2D eigenvalue weighted by Gasteiger charge is -2.48. The van der Waals surface area contributed by atoms with Crippen molar-refractivity contribution in [1.29, 1.82) is 0 Å². The van der Waals surface area contributed by atoms with E-state index in [1.807, 2.05) is 0 Å². The van der Waals surface area contributed by atoms with Crippen LogP contribution in [0.25, 0.3) is 0 Å². The Kier molecular flexibility index (Phi) is 4.85. The van der Waals surface area contributed by atoms with Crippen molar-refractivity contribution in [2.45, 2.75) is 63.3 Å². The maximum absolute atomic E-state index is 13.3. The van der Waals surface area contributed by atoms with Crippen molar-refractivity contribution >= 4 is 5.91 Å². The predicted octanol–water partition coefficient (Wildman–Crippen LogP) is 2.02. The molecule has 0 radical (unpaired) electrons. The zero-order chi connectivity index (χ0) is 14.7. The van der Waals surface area contributed by atoms with Crippen LogP contribution in [0.15, 0.2) is 0 Å². The molecule has 3 aliphatic rings. The van der Waals surface area contributed by atoms with Crippen molar-refractivity contribution in [3.8, 4) is 0 Å². The quantitative estimate of drug-likeness (QED) is 0.866. The first kappa shape index (κ1) is 15.3. The molecule has 1 amide bonds. The fourth-order valence-corrected chi connectivity index (χ4v) is 4.58. The molecule has 1 aliphatic carbocycles. The van der Waals surface area contributed by atoms with E-state index in [1.165, 1.54) is 38.5 Å². The molecule has 0 aromatic rings. The van der Waals surface area contributed by atoms with Crippen LogP contribution in [0, 0.1) is 5.92 Å². The van der Waals surface area contributed by atoms with E-state index >= 15 is 0 Å². The van der Waals surface area contributed by atoms with E-state index < -0.39 is 0 Å². The van der Waals surface area contributed by atoms with E-state index in [0.29, 0.717) is 11.8 Å². The van der Waals surface area contributed by atoms with Crippen molar-refractivity contribution in [2.24, 2.45) is 5.92 Å². The van der Waals surface area contributed by atoms with Crippen LogP contribution in [-0.4, -0.2) is 59.1 Å². The Morgan fingerprint density at radius 1 is 1.00 bits per heavy atom. The molecule has 3 fully saturated rings. The lowest BCUT2D eigenvalue weighted by atomic mass is 9.78. The van der Waals surface area contributed by atoms with Crippen LogP contribution < -0.4 is 0 Å². The maximum atomic E-state index is 13.3. The molecule has 0 aromatic carbocycles. The van der Waals surface area contributed by atoms with Crippen LogP contribution in [0.3, 0.4) is 0 Å². The normalized spacial score (nSPS) is 30.5. The second-order valence-corrected chi connectivity index (χ2v) is 7.23. The molecule has 0 unspecified atom stereocenters. The predicted molar refractivity (Wildman–Crippen MR) is 83.0 cm³/mol. The fraction of sp³-hybridized carbons (Fsp3) is 0.941. The van der Waals surface area contributed by atoms with E-state index in [0.717, 1.165) is 45.4 Å². The van der Waals surface area contributed by atoms with Crippen LogP contribution in [0.1, 0.15) is 57.8 Å². The topological polar surface area (TPSA) is 43.8 Å². The first-order chi connectivity index (χ1) is 10.3. The first-order valence-electron chi connectivity index (χ1n) is 8.91. The van der Waals surface area contributed by atoms with Gasteiger partial charge in [0.05, 0.1) is 0 Å². The van der Waals surface area contributed by atoms with Gasteiger partial charge >= 0.3 is 0 Å². The Morgan fingerprint density at radius 3 is 2.29 bits per heavy atom. The summed E-state index contributed by atoms with van der Waals surface area (Å²) < 4.78 is 0. The molecule has 2 heterocycles. The number of likely N-dealkylation sites (tertiary alicyclic amines) is 2. The van der Waals surface area contributed by atoms with E-state index in [-0.39, 0.29) is 12.1 Å². The molecular formula is C17H30N2O2. The molecule has 4 nitrogen and oxygen atoms in total. The zero-order valence-corrected chi connectivity index (χ0v) is 13.2. The number of carbonyl (C=O) groups is 1. The monoisotopic (exact) mass is 294 g/mol. The number of rotatable bonds is 3. The summed E-state index contributed by atoms with van der Waals surface area (Å²) in [6.45, 7) is 4.04. The molecule has 3 rings (SSSR count). The average molecular weight is 294 g/mol. The highest BCUT2D eigenvalue weighted by Gasteiger charge is 2.47. The van der Waals surface area contributed by atoms with E-state index in [2.05, 4.69) is 9.80 Å². The SMILES string of the molecule is O=C(N1CC[C@@H](CO)C1)C1(N2CCCCC2)CCCCC1. The van der Waals surface area contributed by atoms with Gasteiger partial charge in [-0.25, -0.2) is 0 Å². The standard InChI is InChI=1S/C17H30N2O2/c20-14-15-7-12-18(13-15)16(21)17(8-3-1-4-9-17)19-10-5-2-6-11-19/h15,20H,1-14H2/t15-/m1/s1.